The molecule has 300 valence electrons. The summed E-state index contributed by atoms with van der Waals surface area (Å²) in [6.07, 6.45) is 5.52. The maximum absolute atomic E-state index is 6.62. The summed E-state index contributed by atoms with van der Waals surface area (Å²) in [5, 5.41) is 0.724. The number of aryl methyl sites for hydroxylation is 1. The molecule has 0 saturated carbocycles. The van der Waals surface area contributed by atoms with Crippen molar-refractivity contribution >= 4 is 28.3 Å². The van der Waals surface area contributed by atoms with Gasteiger partial charge in [-0.3, -0.25) is 4.98 Å². The predicted molar refractivity (Wildman–Crippen MR) is 236 cm³/mol. The first-order chi connectivity index (χ1) is 27.9. The van der Waals surface area contributed by atoms with Crippen molar-refractivity contribution in [3.63, 3.8) is 0 Å². The fraction of sp³-hybridized carbons (Fsp3) is 0.375. The molecule has 8 nitrogen and oxygen atoms in total. The molecule has 0 spiro atoms. The minimum absolute atomic E-state index is 0.309. The lowest BCUT2D eigenvalue weighted by molar-refractivity contribution is 0.249. The van der Waals surface area contributed by atoms with Gasteiger partial charge < -0.3 is 28.6 Å². The number of imidazole rings is 1. The third-order valence-electron chi connectivity index (χ3n) is 10.5. The Morgan fingerprint density at radius 3 is 2.28 bits per heavy atom. The van der Waals surface area contributed by atoms with Gasteiger partial charge >= 0.3 is 0 Å². The Labute approximate surface area is 344 Å². The van der Waals surface area contributed by atoms with Gasteiger partial charge in [0.1, 0.15) is 29.7 Å². The Bertz CT molecular complexity index is 2160. The number of hydrogen-bond acceptors (Lipinski definition) is 7. The van der Waals surface area contributed by atoms with Gasteiger partial charge in [-0.05, 0) is 106 Å². The summed E-state index contributed by atoms with van der Waals surface area (Å²) in [6, 6.07) is 33.0. The van der Waals surface area contributed by atoms with Crippen LogP contribution in [0.4, 0.5) is 5.69 Å². The Balaban J connectivity index is 1.44. The third-order valence-corrected chi connectivity index (χ3v) is 10.7. The van der Waals surface area contributed by atoms with Crippen LogP contribution in [0.15, 0.2) is 103 Å². The molecule has 0 unspecified atom stereocenters. The van der Waals surface area contributed by atoms with Gasteiger partial charge in [0.05, 0.1) is 35.5 Å². The van der Waals surface area contributed by atoms with Crippen LogP contribution in [-0.2, 0) is 19.6 Å². The quantitative estimate of drug-likeness (QED) is 0.0635. The SMILES string of the molecule is CCCCn1c(-c2ccc(OCCc3cccc(Cl)c3)cc2OCc2ccccn2)nc2c(-c3cccc(N(CC)CC)c3)cc(OCCCN(CC)CC)cc21. The van der Waals surface area contributed by atoms with Gasteiger partial charge in [-0.2, -0.15) is 0 Å². The van der Waals surface area contributed by atoms with E-state index in [1.54, 1.807) is 6.20 Å². The van der Waals surface area contributed by atoms with Crippen molar-refractivity contribution in [2.75, 3.05) is 50.8 Å². The number of fused-ring (bicyclic) bond motifs is 1. The zero-order valence-corrected chi connectivity index (χ0v) is 35.1. The van der Waals surface area contributed by atoms with Gasteiger partial charge in [0.15, 0.2) is 0 Å². The van der Waals surface area contributed by atoms with Gasteiger partial charge in [0.25, 0.3) is 0 Å². The summed E-state index contributed by atoms with van der Waals surface area (Å²) >= 11 is 6.25. The first kappa shape index (κ1) is 41.6. The summed E-state index contributed by atoms with van der Waals surface area (Å²) in [5.74, 6) is 3.11. The van der Waals surface area contributed by atoms with Crippen molar-refractivity contribution in [2.45, 2.75) is 73.5 Å². The Hall–Kier alpha value is -5.05. The van der Waals surface area contributed by atoms with Gasteiger partial charge in [0, 0.05) is 67.2 Å². The zero-order chi connectivity index (χ0) is 40.0. The van der Waals surface area contributed by atoms with E-state index in [0.717, 1.165) is 126 Å². The number of unbranched alkanes of at least 4 members (excludes halogenated alkanes) is 1. The molecular weight excluding hydrogens is 730 g/mol. The normalized spacial score (nSPS) is 11.4. The van der Waals surface area contributed by atoms with E-state index in [9.17, 15) is 0 Å². The van der Waals surface area contributed by atoms with Crippen LogP contribution in [0.25, 0.3) is 33.5 Å². The number of rotatable bonds is 22. The van der Waals surface area contributed by atoms with E-state index in [-0.39, 0.29) is 0 Å². The maximum atomic E-state index is 6.62. The topological polar surface area (TPSA) is 64.9 Å². The summed E-state index contributed by atoms with van der Waals surface area (Å²) in [6.45, 7) is 18.3. The average Bonchev–Trinajstić information content (AvgIpc) is 3.60. The minimum atomic E-state index is 0.309. The van der Waals surface area contributed by atoms with E-state index in [1.165, 1.54) is 5.69 Å². The highest BCUT2D eigenvalue weighted by atomic mass is 35.5. The first-order valence-electron chi connectivity index (χ1n) is 20.7. The number of anilines is 1. The highest BCUT2D eigenvalue weighted by Crippen LogP contribution is 2.40. The lowest BCUT2D eigenvalue weighted by atomic mass is 10.0. The lowest BCUT2D eigenvalue weighted by Crippen LogP contribution is -2.25. The Morgan fingerprint density at radius 1 is 0.702 bits per heavy atom. The molecule has 0 bridgehead atoms. The van der Waals surface area contributed by atoms with E-state index < -0.39 is 0 Å². The first-order valence-corrected chi connectivity index (χ1v) is 21.1. The number of hydrogen-bond donors (Lipinski definition) is 0. The maximum Gasteiger partial charge on any atom is 0.144 e. The molecule has 6 rings (SSSR count). The van der Waals surface area contributed by atoms with Crippen LogP contribution in [0.5, 0.6) is 17.2 Å². The van der Waals surface area contributed by atoms with E-state index in [1.807, 2.05) is 48.5 Å². The molecule has 2 heterocycles. The number of nitrogens with zero attached hydrogens (tertiary/aromatic N) is 5. The van der Waals surface area contributed by atoms with Gasteiger partial charge in [-0.1, -0.05) is 69.1 Å². The number of benzene rings is 4. The molecule has 4 aromatic carbocycles. The monoisotopic (exact) mass is 787 g/mol. The Kier molecular flexibility index (Phi) is 15.3. The second kappa shape index (κ2) is 20.9. The van der Waals surface area contributed by atoms with Gasteiger partial charge in [-0.15, -0.1) is 0 Å². The van der Waals surface area contributed by atoms with Crippen molar-refractivity contribution in [1.29, 1.82) is 0 Å². The largest absolute Gasteiger partial charge is 0.493 e. The molecule has 0 atom stereocenters. The van der Waals surface area contributed by atoms with Crippen LogP contribution in [0, 0.1) is 0 Å². The van der Waals surface area contributed by atoms with E-state index in [0.29, 0.717) is 25.6 Å². The van der Waals surface area contributed by atoms with Crippen molar-refractivity contribution in [2.24, 2.45) is 0 Å². The van der Waals surface area contributed by atoms with Crippen molar-refractivity contribution in [3.8, 4) is 39.8 Å². The van der Waals surface area contributed by atoms with Gasteiger partial charge in [0.2, 0.25) is 0 Å². The van der Waals surface area contributed by atoms with Crippen LogP contribution in [0.1, 0.15) is 65.1 Å². The van der Waals surface area contributed by atoms with Gasteiger partial charge in [-0.25, -0.2) is 4.98 Å². The molecule has 0 aliphatic rings. The summed E-state index contributed by atoms with van der Waals surface area (Å²) in [5.41, 5.74) is 8.19. The van der Waals surface area contributed by atoms with Crippen LogP contribution < -0.4 is 19.1 Å². The number of pyridine rings is 1. The van der Waals surface area contributed by atoms with E-state index in [2.05, 4.69) is 103 Å². The van der Waals surface area contributed by atoms with Crippen LogP contribution in [0.3, 0.4) is 0 Å². The lowest BCUT2D eigenvalue weighted by Gasteiger charge is -2.22. The molecule has 57 heavy (non-hydrogen) atoms. The molecule has 0 radical (unpaired) electrons. The number of halogens is 1. The number of ether oxygens (including phenoxy) is 3. The fourth-order valence-corrected chi connectivity index (χ4v) is 7.45. The van der Waals surface area contributed by atoms with E-state index >= 15 is 0 Å². The Morgan fingerprint density at radius 2 is 1.53 bits per heavy atom. The average molecular weight is 788 g/mol. The molecule has 0 aliphatic heterocycles. The molecule has 0 aliphatic carbocycles. The van der Waals surface area contributed by atoms with E-state index in [4.69, 9.17) is 30.8 Å². The second-order valence-electron chi connectivity index (χ2n) is 14.2. The van der Waals surface area contributed by atoms with Crippen molar-refractivity contribution < 1.29 is 14.2 Å². The fourth-order valence-electron chi connectivity index (χ4n) is 7.24. The van der Waals surface area contributed by atoms with Crippen LogP contribution >= 0.6 is 11.6 Å². The molecule has 0 saturated heterocycles. The standard InChI is InChI=1S/C48H58ClN5O3/c1-6-11-27-54-45-33-42(55-28-16-26-52(7-2)8-3)32-44(37-18-15-21-40(31-37)53(9-4)10-5)47(45)51-48(54)43-23-22-41(56-29-24-36-17-14-19-38(49)30-36)34-46(43)57-35-39-20-12-13-25-50-39/h12-15,17-23,25,30-34H,6-11,16,24,26-29,35H2,1-5H3. The third kappa shape index (κ3) is 10.9. The summed E-state index contributed by atoms with van der Waals surface area (Å²) in [7, 11) is 0. The van der Waals surface area contributed by atoms with Crippen LogP contribution in [-0.4, -0.2) is 65.4 Å². The minimum Gasteiger partial charge on any atom is -0.493 e. The summed E-state index contributed by atoms with van der Waals surface area (Å²) in [4.78, 5) is 14.8. The molecule has 0 N–H and O–H groups in total. The highest BCUT2D eigenvalue weighted by molar-refractivity contribution is 6.30. The molecule has 9 heteroatoms. The molecule has 2 aromatic heterocycles. The highest BCUT2D eigenvalue weighted by Gasteiger charge is 2.22. The number of aromatic nitrogens is 3. The molecular formula is C48H58ClN5O3. The van der Waals surface area contributed by atoms with Crippen LogP contribution in [0.2, 0.25) is 5.02 Å². The smallest absolute Gasteiger partial charge is 0.144 e. The molecule has 0 amide bonds. The second-order valence-corrected chi connectivity index (χ2v) is 14.7. The predicted octanol–water partition coefficient (Wildman–Crippen LogP) is 11.4. The summed E-state index contributed by atoms with van der Waals surface area (Å²) < 4.78 is 21.9. The molecule has 6 aromatic rings. The zero-order valence-electron chi connectivity index (χ0n) is 34.3. The van der Waals surface area contributed by atoms with Crippen molar-refractivity contribution in [3.05, 3.63) is 120 Å². The van der Waals surface area contributed by atoms with Crippen molar-refractivity contribution in [1.82, 2.24) is 19.4 Å². The molecule has 0 fully saturated rings.